The number of hydrogen-bond donors (Lipinski definition) is 0. The molecule has 0 aliphatic heterocycles. The number of allylic oxidation sites excluding steroid dienone is 1. The first kappa shape index (κ1) is 15.0. The Balaban J connectivity index is 2.82. The van der Waals surface area contributed by atoms with Crippen LogP contribution in [0.4, 0.5) is 0 Å². The van der Waals surface area contributed by atoms with Gasteiger partial charge in [-0.05, 0) is 31.0 Å². The van der Waals surface area contributed by atoms with Gasteiger partial charge in [-0.1, -0.05) is 25.1 Å². The predicted molar refractivity (Wildman–Crippen MR) is 87.6 cm³/mol. The maximum atomic E-state index is 12.5. The molecule has 21 heavy (non-hydrogen) atoms. The summed E-state index contributed by atoms with van der Waals surface area (Å²) in [4.78, 5) is 24.2. The number of aromatic nitrogens is 1. The Morgan fingerprint density at radius 3 is 2.62 bits per heavy atom. The van der Waals surface area contributed by atoms with E-state index in [4.69, 9.17) is 0 Å². The Bertz CT molecular complexity index is 770. The zero-order chi connectivity index (χ0) is 15.6. The average Bonchev–Trinajstić information content (AvgIpc) is 2.45. The van der Waals surface area contributed by atoms with Gasteiger partial charge in [0.05, 0.1) is 11.1 Å². The number of Topliss-reactive ketones (excluding diaryl/α,β-unsaturated/α-hetero) is 1. The largest absolute Gasteiger partial charge is 0.319 e. The average molecular weight is 284 g/mol. The molecule has 0 aliphatic carbocycles. The number of hydrogen-bond acceptors (Lipinski definition) is 3. The summed E-state index contributed by atoms with van der Waals surface area (Å²) >= 11 is 0. The molecule has 1 heterocycles. The van der Waals surface area contributed by atoms with Crippen LogP contribution in [0.15, 0.2) is 35.3 Å². The Morgan fingerprint density at radius 2 is 2.05 bits per heavy atom. The molecular formula is C17H20N2O2. The third-order valence-electron chi connectivity index (χ3n) is 3.36. The van der Waals surface area contributed by atoms with Crippen molar-refractivity contribution >= 4 is 22.8 Å². The van der Waals surface area contributed by atoms with E-state index in [-0.39, 0.29) is 16.8 Å². The number of benzene rings is 1. The molecule has 0 atom stereocenters. The first-order valence-corrected chi connectivity index (χ1v) is 7.00. The van der Waals surface area contributed by atoms with Crippen LogP contribution in [0.5, 0.6) is 0 Å². The van der Waals surface area contributed by atoms with Gasteiger partial charge in [0.2, 0.25) is 0 Å². The number of fused-ring (bicyclic) bond motifs is 1. The standard InChI is InChI=1S/C17H20N2O2/c1-5-6-7-13-8-9-16-14(10-13)17(21)15(12(2)20)11-19(16)18(3)4/h6-11H,5H2,1-4H3/b7-6+. The molecule has 0 saturated carbocycles. The third-order valence-corrected chi connectivity index (χ3v) is 3.36. The van der Waals surface area contributed by atoms with Crippen molar-refractivity contribution in [3.05, 3.63) is 51.8 Å². The van der Waals surface area contributed by atoms with E-state index in [1.165, 1.54) is 6.92 Å². The number of carbonyl (C=O) groups excluding carboxylic acids is 1. The molecular weight excluding hydrogens is 264 g/mol. The quantitative estimate of drug-likeness (QED) is 0.811. The van der Waals surface area contributed by atoms with Crippen LogP contribution in [0.1, 0.15) is 36.2 Å². The summed E-state index contributed by atoms with van der Waals surface area (Å²) in [6.07, 6.45) is 6.57. The normalized spacial score (nSPS) is 11.2. The molecule has 2 rings (SSSR count). The topological polar surface area (TPSA) is 42.3 Å². The second kappa shape index (κ2) is 5.95. The van der Waals surface area contributed by atoms with Crippen molar-refractivity contribution in [3.63, 3.8) is 0 Å². The summed E-state index contributed by atoms with van der Waals surface area (Å²) in [6.45, 7) is 3.48. The van der Waals surface area contributed by atoms with Gasteiger partial charge in [0.15, 0.2) is 11.2 Å². The minimum atomic E-state index is -0.216. The summed E-state index contributed by atoms with van der Waals surface area (Å²) in [5.41, 5.74) is 1.77. The van der Waals surface area contributed by atoms with Crippen molar-refractivity contribution in [1.82, 2.24) is 4.68 Å². The number of rotatable bonds is 4. The smallest absolute Gasteiger partial charge is 0.200 e. The van der Waals surface area contributed by atoms with Crippen molar-refractivity contribution in [1.29, 1.82) is 0 Å². The molecule has 0 radical (unpaired) electrons. The molecule has 0 saturated heterocycles. The fourth-order valence-corrected chi connectivity index (χ4v) is 2.27. The zero-order valence-electron chi connectivity index (χ0n) is 12.9. The summed E-state index contributed by atoms with van der Waals surface area (Å²) < 4.78 is 1.82. The number of nitrogens with zero attached hydrogens (tertiary/aromatic N) is 2. The Kier molecular flexibility index (Phi) is 4.26. The molecule has 4 nitrogen and oxygen atoms in total. The van der Waals surface area contributed by atoms with Crippen molar-refractivity contribution in [2.24, 2.45) is 0 Å². The molecule has 1 aromatic carbocycles. The van der Waals surface area contributed by atoms with Gasteiger partial charge in [-0.2, -0.15) is 0 Å². The fraction of sp³-hybridized carbons (Fsp3) is 0.294. The lowest BCUT2D eigenvalue weighted by Gasteiger charge is -2.20. The minimum absolute atomic E-state index is 0.206. The van der Waals surface area contributed by atoms with Crippen LogP contribution in [0.2, 0.25) is 0 Å². The molecule has 110 valence electrons. The van der Waals surface area contributed by atoms with Crippen molar-refractivity contribution in [2.75, 3.05) is 19.1 Å². The summed E-state index contributed by atoms with van der Waals surface area (Å²) in [7, 11) is 3.75. The summed E-state index contributed by atoms with van der Waals surface area (Å²) in [6, 6.07) is 5.73. The second-order valence-corrected chi connectivity index (χ2v) is 5.21. The van der Waals surface area contributed by atoms with E-state index in [1.807, 2.05) is 54.1 Å². The van der Waals surface area contributed by atoms with Crippen molar-refractivity contribution < 1.29 is 4.79 Å². The van der Waals surface area contributed by atoms with E-state index < -0.39 is 0 Å². The minimum Gasteiger partial charge on any atom is -0.319 e. The van der Waals surface area contributed by atoms with E-state index in [0.717, 1.165) is 17.5 Å². The highest BCUT2D eigenvalue weighted by Gasteiger charge is 2.13. The number of pyridine rings is 1. The van der Waals surface area contributed by atoms with Crippen LogP contribution in [-0.4, -0.2) is 24.6 Å². The number of ketones is 1. The monoisotopic (exact) mass is 284 g/mol. The lowest BCUT2D eigenvalue weighted by atomic mass is 10.1. The van der Waals surface area contributed by atoms with Gasteiger partial charge >= 0.3 is 0 Å². The van der Waals surface area contributed by atoms with Crippen LogP contribution in [0.25, 0.3) is 17.0 Å². The van der Waals surface area contributed by atoms with E-state index in [2.05, 4.69) is 6.92 Å². The van der Waals surface area contributed by atoms with E-state index >= 15 is 0 Å². The molecule has 0 aliphatic rings. The lowest BCUT2D eigenvalue weighted by Crippen LogP contribution is -2.29. The molecule has 4 heteroatoms. The molecule has 0 amide bonds. The molecule has 0 spiro atoms. The zero-order valence-corrected chi connectivity index (χ0v) is 12.9. The van der Waals surface area contributed by atoms with Crippen LogP contribution < -0.4 is 10.4 Å². The Hall–Kier alpha value is -2.36. The van der Waals surface area contributed by atoms with Crippen molar-refractivity contribution in [2.45, 2.75) is 20.3 Å². The second-order valence-electron chi connectivity index (χ2n) is 5.21. The lowest BCUT2D eigenvalue weighted by molar-refractivity contribution is 0.101. The highest BCUT2D eigenvalue weighted by atomic mass is 16.1. The number of carbonyl (C=O) groups is 1. The maximum absolute atomic E-state index is 12.5. The van der Waals surface area contributed by atoms with Crippen LogP contribution in [-0.2, 0) is 0 Å². The SMILES string of the molecule is CC/C=C/c1ccc2c(c1)c(=O)c(C(C)=O)cn2N(C)C. The van der Waals surface area contributed by atoms with E-state index in [0.29, 0.717) is 5.39 Å². The highest BCUT2D eigenvalue weighted by Crippen LogP contribution is 2.16. The van der Waals surface area contributed by atoms with Gasteiger partial charge in [-0.3, -0.25) is 14.3 Å². The van der Waals surface area contributed by atoms with Gasteiger partial charge in [0.25, 0.3) is 0 Å². The Labute approximate surface area is 124 Å². The van der Waals surface area contributed by atoms with Crippen LogP contribution >= 0.6 is 0 Å². The van der Waals surface area contributed by atoms with Gasteiger partial charge in [-0.25, -0.2) is 0 Å². The molecule has 1 aromatic heterocycles. The molecule has 2 aromatic rings. The first-order valence-electron chi connectivity index (χ1n) is 7.00. The molecule has 0 fully saturated rings. The predicted octanol–water partition coefficient (Wildman–Crippen LogP) is 2.82. The fourth-order valence-electron chi connectivity index (χ4n) is 2.27. The third kappa shape index (κ3) is 2.89. The van der Waals surface area contributed by atoms with Crippen molar-refractivity contribution in [3.8, 4) is 0 Å². The maximum Gasteiger partial charge on any atom is 0.200 e. The summed E-state index contributed by atoms with van der Waals surface area (Å²) in [5.74, 6) is -0.216. The van der Waals surface area contributed by atoms with Gasteiger partial charge in [-0.15, -0.1) is 0 Å². The van der Waals surface area contributed by atoms with Crippen LogP contribution in [0, 0.1) is 0 Å². The molecule has 0 unspecified atom stereocenters. The first-order chi connectivity index (χ1) is 9.95. The molecule has 0 N–H and O–H groups in total. The highest BCUT2D eigenvalue weighted by molar-refractivity contribution is 5.97. The van der Waals surface area contributed by atoms with Gasteiger partial charge in [0.1, 0.15) is 0 Å². The summed E-state index contributed by atoms with van der Waals surface area (Å²) in [5, 5.41) is 2.41. The van der Waals surface area contributed by atoms with Gasteiger partial charge < -0.3 is 5.01 Å². The molecule has 0 bridgehead atoms. The van der Waals surface area contributed by atoms with Crippen LogP contribution in [0.3, 0.4) is 0 Å². The van der Waals surface area contributed by atoms with E-state index in [1.54, 1.807) is 6.20 Å². The van der Waals surface area contributed by atoms with Gasteiger partial charge in [0, 0.05) is 25.7 Å². The Morgan fingerprint density at radius 1 is 1.33 bits per heavy atom. The van der Waals surface area contributed by atoms with E-state index in [9.17, 15) is 9.59 Å².